The third-order valence-electron chi connectivity index (χ3n) is 4.07. The monoisotopic (exact) mass is 340 g/mol. The summed E-state index contributed by atoms with van der Waals surface area (Å²) in [7, 11) is 0. The van der Waals surface area contributed by atoms with Crippen LogP contribution in [0.5, 0.6) is 0 Å². The second-order valence-corrected chi connectivity index (χ2v) is 6.40. The number of rotatable bonds is 2. The van der Waals surface area contributed by atoms with Crippen molar-refractivity contribution < 1.29 is 4.79 Å². The Morgan fingerprint density at radius 3 is 2.83 bits per heavy atom. The highest BCUT2D eigenvalue weighted by molar-refractivity contribution is 7.13. The van der Waals surface area contributed by atoms with E-state index in [1.165, 1.54) is 11.3 Å². The first kappa shape index (κ1) is 14.8. The summed E-state index contributed by atoms with van der Waals surface area (Å²) < 4.78 is 0. The minimum Gasteiger partial charge on any atom is -0.368 e. The van der Waals surface area contributed by atoms with Crippen LogP contribution in [0.2, 0.25) is 0 Å². The number of carbonyl (C=O) groups is 1. The molecule has 8 heteroatoms. The van der Waals surface area contributed by atoms with Gasteiger partial charge in [0.25, 0.3) is 0 Å². The van der Waals surface area contributed by atoms with Crippen LogP contribution in [0.1, 0.15) is 0 Å². The van der Waals surface area contributed by atoms with Crippen LogP contribution in [-0.4, -0.2) is 52.1 Å². The summed E-state index contributed by atoms with van der Waals surface area (Å²) in [5.74, 6) is 0. The summed E-state index contributed by atoms with van der Waals surface area (Å²) in [6.07, 6.45) is 5.06. The molecule has 0 spiro atoms. The van der Waals surface area contributed by atoms with E-state index in [9.17, 15) is 4.79 Å². The van der Waals surface area contributed by atoms with Gasteiger partial charge in [0.15, 0.2) is 5.13 Å². The van der Waals surface area contributed by atoms with Crippen LogP contribution in [0, 0.1) is 0 Å². The van der Waals surface area contributed by atoms with Crippen LogP contribution in [0.4, 0.5) is 15.6 Å². The molecular formula is C16H16N6OS. The molecule has 4 rings (SSSR count). The SMILES string of the molecule is O=C(Nc1nccs1)N1CCN(c2ccc3ncncc3c2)CC1. The summed E-state index contributed by atoms with van der Waals surface area (Å²) in [6, 6.07) is 6.09. The van der Waals surface area contributed by atoms with Gasteiger partial charge in [0.05, 0.1) is 5.52 Å². The van der Waals surface area contributed by atoms with Gasteiger partial charge in [-0.2, -0.15) is 0 Å². The molecule has 1 aliphatic rings. The largest absolute Gasteiger partial charge is 0.368 e. The summed E-state index contributed by atoms with van der Waals surface area (Å²) in [6.45, 7) is 2.95. The fourth-order valence-electron chi connectivity index (χ4n) is 2.79. The molecule has 2 aromatic heterocycles. The standard InChI is InChI=1S/C16H16N6OS/c23-16(20-15-18-3-8-24-15)22-6-4-21(5-7-22)13-1-2-14-12(9-13)10-17-11-19-14/h1-3,8-11H,4-7H2,(H,18,20,23). The Kier molecular flexibility index (Phi) is 3.96. The van der Waals surface area contributed by atoms with E-state index in [4.69, 9.17) is 0 Å². The third-order valence-corrected chi connectivity index (χ3v) is 4.75. The summed E-state index contributed by atoms with van der Waals surface area (Å²) in [5, 5.41) is 6.34. The molecule has 1 saturated heterocycles. The number of urea groups is 1. The van der Waals surface area contributed by atoms with E-state index < -0.39 is 0 Å². The Morgan fingerprint density at radius 1 is 1.17 bits per heavy atom. The van der Waals surface area contributed by atoms with Crippen LogP contribution in [0.3, 0.4) is 0 Å². The van der Waals surface area contributed by atoms with Gasteiger partial charge in [-0.05, 0) is 18.2 Å². The highest BCUT2D eigenvalue weighted by atomic mass is 32.1. The minimum absolute atomic E-state index is 0.0866. The van der Waals surface area contributed by atoms with E-state index in [1.807, 2.05) is 22.5 Å². The molecule has 1 aromatic carbocycles. The van der Waals surface area contributed by atoms with E-state index in [2.05, 4.69) is 37.3 Å². The lowest BCUT2D eigenvalue weighted by molar-refractivity contribution is 0.208. The van der Waals surface area contributed by atoms with Crippen molar-refractivity contribution in [3.8, 4) is 0 Å². The second-order valence-electron chi connectivity index (χ2n) is 5.51. The van der Waals surface area contributed by atoms with Crippen molar-refractivity contribution in [3.63, 3.8) is 0 Å². The van der Waals surface area contributed by atoms with Gasteiger partial charge in [-0.25, -0.2) is 19.7 Å². The molecule has 2 amide bonds. The zero-order chi connectivity index (χ0) is 16.4. The maximum atomic E-state index is 12.2. The van der Waals surface area contributed by atoms with Crippen molar-refractivity contribution in [1.29, 1.82) is 0 Å². The van der Waals surface area contributed by atoms with Crippen molar-refractivity contribution in [1.82, 2.24) is 19.9 Å². The Labute approximate surface area is 143 Å². The fourth-order valence-corrected chi connectivity index (χ4v) is 3.31. The average molecular weight is 340 g/mol. The smallest absolute Gasteiger partial charge is 0.323 e. The van der Waals surface area contributed by atoms with Crippen LogP contribution in [0.15, 0.2) is 42.3 Å². The van der Waals surface area contributed by atoms with Crippen molar-refractivity contribution in [2.24, 2.45) is 0 Å². The molecule has 0 radical (unpaired) electrons. The number of thiazole rings is 1. The number of amides is 2. The Bertz CT molecular complexity index is 845. The van der Waals surface area contributed by atoms with Gasteiger partial charge < -0.3 is 9.80 Å². The van der Waals surface area contributed by atoms with Crippen LogP contribution in [0.25, 0.3) is 10.9 Å². The first-order valence-electron chi connectivity index (χ1n) is 7.70. The quantitative estimate of drug-likeness (QED) is 0.775. The van der Waals surface area contributed by atoms with Gasteiger partial charge in [-0.1, -0.05) is 0 Å². The van der Waals surface area contributed by atoms with Crippen molar-refractivity contribution in [2.75, 3.05) is 36.4 Å². The zero-order valence-electron chi connectivity index (χ0n) is 12.9. The summed E-state index contributed by atoms with van der Waals surface area (Å²) >= 11 is 1.42. The van der Waals surface area contributed by atoms with E-state index in [0.29, 0.717) is 18.2 Å². The van der Waals surface area contributed by atoms with Crippen LogP contribution < -0.4 is 10.2 Å². The molecule has 1 fully saturated rings. The molecule has 1 N–H and O–H groups in total. The number of nitrogens with zero attached hydrogens (tertiary/aromatic N) is 5. The van der Waals surface area contributed by atoms with Crippen molar-refractivity contribution >= 4 is 39.1 Å². The third kappa shape index (κ3) is 3.00. The molecule has 7 nitrogen and oxygen atoms in total. The predicted molar refractivity (Wildman–Crippen MR) is 94.5 cm³/mol. The summed E-state index contributed by atoms with van der Waals surface area (Å²) in [4.78, 5) is 28.7. The first-order chi connectivity index (χ1) is 11.8. The second kappa shape index (κ2) is 6.40. The Hall–Kier alpha value is -2.74. The van der Waals surface area contributed by atoms with Crippen molar-refractivity contribution in [3.05, 3.63) is 42.3 Å². The fraction of sp³-hybridized carbons (Fsp3) is 0.250. The molecule has 0 unspecified atom stereocenters. The number of hydrogen-bond acceptors (Lipinski definition) is 6. The van der Waals surface area contributed by atoms with E-state index >= 15 is 0 Å². The molecule has 0 aliphatic carbocycles. The number of anilines is 2. The highest BCUT2D eigenvalue weighted by Crippen LogP contribution is 2.22. The van der Waals surface area contributed by atoms with Gasteiger partial charge >= 0.3 is 6.03 Å². The summed E-state index contributed by atoms with van der Waals surface area (Å²) in [5.41, 5.74) is 2.08. The van der Waals surface area contributed by atoms with E-state index in [-0.39, 0.29) is 6.03 Å². The number of hydrogen-bond donors (Lipinski definition) is 1. The maximum absolute atomic E-state index is 12.2. The minimum atomic E-state index is -0.0866. The van der Waals surface area contributed by atoms with Gasteiger partial charge in [0, 0.05) is 55.0 Å². The number of piperazine rings is 1. The number of nitrogens with one attached hydrogen (secondary N) is 1. The normalized spacial score (nSPS) is 14.8. The number of aromatic nitrogens is 3. The molecule has 0 saturated carbocycles. The molecule has 0 bridgehead atoms. The van der Waals surface area contributed by atoms with Crippen molar-refractivity contribution in [2.45, 2.75) is 0 Å². The number of benzene rings is 1. The average Bonchev–Trinajstić information content (AvgIpc) is 3.14. The molecule has 3 heterocycles. The molecular weight excluding hydrogens is 324 g/mol. The molecule has 0 atom stereocenters. The Morgan fingerprint density at radius 2 is 2.04 bits per heavy atom. The topological polar surface area (TPSA) is 74.2 Å². The lowest BCUT2D eigenvalue weighted by Crippen LogP contribution is -2.50. The maximum Gasteiger partial charge on any atom is 0.323 e. The van der Waals surface area contributed by atoms with E-state index in [1.54, 1.807) is 12.5 Å². The number of carbonyl (C=O) groups excluding carboxylic acids is 1. The van der Waals surface area contributed by atoms with Crippen LogP contribution >= 0.6 is 11.3 Å². The predicted octanol–water partition coefficient (Wildman–Crippen LogP) is 2.44. The van der Waals surface area contributed by atoms with Gasteiger partial charge in [0.1, 0.15) is 6.33 Å². The Balaban J connectivity index is 1.40. The lowest BCUT2D eigenvalue weighted by Gasteiger charge is -2.36. The van der Waals surface area contributed by atoms with E-state index in [0.717, 1.165) is 29.7 Å². The molecule has 24 heavy (non-hydrogen) atoms. The molecule has 3 aromatic rings. The van der Waals surface area contributed by atoms with Gasteiger partial charge in [-0.3, -0.25) is 5.32 Å². The van der Waals surface area contributed by atoms with Gasteiger partial charge in [-0.15, -0.1) is 11.3 Å². The van der Waals surface area contributed by atoms with Gasteiger partial charge in [0.2, 0.25) is 0 Å². The van der Waals surface area contributed by atoms with Crippen LogP contribution in [-0.2, 0) is 0 Å². The molecule has 1 aliphatic heterocycles. The number of fused-ring (bicyclic) bond motifs is 1. The zero-order valence-corrected chi connectivity index (χ0v) is 13.7. The highest BCUT2D eigenvalue weighted by Gasteiger charge is 2.22. The first-order valence-corrected chi connectivity index (χ1v) is 8.58. The molecule has 122 valence electrons. The lowest BCUT2D eigenvalue weighted by atomic mass is 10.2.